The highest BCUT2D eigenvalue weighted by atomic mass is 32.2. The minimum absolute atomic E-state index is 0.129. The molecule has 1 saturated carbocycles. The van der Waals surface area contributed by atoms with Gasteiger partial charge in [-0.2, -0.15) is 15.2 Å². The van der Waals surface area contributed by atoms with Gasteiger partial charge >= 0.3 is 0 Å². The van der Waals surface area contributed by atoms with E-state index in [2.05, 4.69) is 10.8 Å². The summed E-state index contributed by atoms with van der Waals surface area (Å²) < 4.78 is 27.4. The molecule has 1 aromatic rings. The maximum atomic E-state index is 12.4. The van der Waals surface area contributed by atoms with Crippen LogP contribution >= 0.6 is 0 Å². The Balaban J connectivity index is 2.21. The highest BCUT2D eigenvalue weighted by Gasteiger charge is 2.36. The second-order valence-electron chi connectivity index (χ2n) is 5.34. The van der Waals surface area contributed by atoms with E-state index in [9.17, 15) is 13.7 Å². The molecule has 110 valence electrons. The van der Waals surface area contributed by atoms with E-state index in [1.54, 1.807) is 12.1 Å². The topological polar surface area (TPSA) is 93.8 Å². The number of benzene rings is 1. The number of hydrogen-bond acceptors (Lipinski definition) is 4. The van der Waals surface area contributed by atoms with Crippen molar-refractivity contribution in [1.29, 1.82) is 10.5 Å². The molecule has 1 aromatic carbocycles. The zero-order chi connectivity index (χ0) is 15.3. The first-order chi connectivity index (χ1) is 10.0. The van der Waals surface area contributed by atoms with E-state index in [0.717, 1.165) is 24.8 Å². The molecule has 2 rings (SSSR count). The molecular weight excluding hydrogens is 286 g/mol. The Bertz CT molecular complexity index is 675. The Morgan fingerprint density at radius 1 is 1.10 bits per heavy atom. The van der Waals surface area contributed by atoms with E-state index >= 15 is 0 Å². The van der Waals surface area contributed by atoms with Crippen LogP contribution in [-0.4, -0.2) is 14.0 Å². The molecular formula is C15H17N3O2S. The summed E-state index contributed by atoms with van der Waals surface area (Å²) in [6.07, 6.45) is 4.10. The summed E-state index contributed by atoms with van der Waals surface area (Å²) in [5.74, 6) is 0. The Kier molecular flexibility index (Phi) is 4.62. The van der Waals surface area contributed by atoms with Crippen molar-refractivity contribution >= 4 is 10.0 Å². The Hall–Kier alpha value is -1.89. The largest absolute Gasteiger partial charge is 0.241 e. The maximum absolute atomic E-state index is 12.4. The smallest absolute Gasteiger partial charge is 0.207 e. The van der Waals surface area contributed by atoms with Gasteiger partial charge < -0.3 is 0 Å². The number of nitrogens with one attached hydrogen (secondary N) is 1. The molecule has 21 heavy (non-hydrogen) atoms. The molecule has 1 aliphatic carbocycles. The van der Waals surface area contributed by atoms with Crippen LogP contribution in [0.3, 0.4) is 0 Å². The molecule has 0 saturated heterocycles. The van der Waals surface area contributed by atoms with Gasteiger partial charge in [-0.25, -0.2) is 8.42 Å². The predicted octanol–water partition coefficient (Wildman–Crippen LogP) is 2.26. The molecule has 0 unspecified atom stereocenters. The van der Waals surface area contributed by atoms with E-state index in [4.69, 9.17) is 5.26 Å². The average Bonchev–Trinajstić information content (AvgIpc) is 2.49. The van der Waals surface area contributed by atoms with Gasteiger partial charge in [-0.05, 0) is 30.5 Å². The number of nitriles is 2. The van der Waals surface area contributed by atoms with Gasteiger partial charge in [0.05, 0.1) is 23.5 Å². The molecule has 1 fully saturated rings. The van der Waals surface area contributed by atoms with Crippen LogP contribution in [0, 0.1) is 22.7 Å². The molecule has 0 bridgehead atoms. The summed E-state index contributed by atoms with van der Waals surface area (Å²) >= 11 is 0. The second kappa shape index (κ2) is 6.26. The van der Waals surface area contributed by atoms with Gasteiger partial charge in [-0.15, -0.1) is 0 Å². The first kappa shape index (κ1) is 15.5. The Morgan fingerprint density at radius 2 is 1.71 bits per heavy atom. The summed E-state index contributed by atoms with van der Waals surface area (Å²) in [5, 5.41) is 18.0. The average molecular weight is 303 g/mol. The first-order valence-corrected chi connectivity index (χ1v) is 8.41. The van der Waals surface area contributed by atoms with E-state index in [-0.39, 0.29) is 11.3 Å². The number of hydrogen-bond donors (Lipinski definition) is 1. The lowest BCUT2D eigenvalue weighted by atomic mass is 9.84. The van der Waals surface area contributed by atoms with Crippen LogP contribution in [-0.2, 0) is 16.4 Å². The summed E-state index contributed by atoms with van der Waals surface area (Å²) in [6.45, 7) is 0. The minimum Gasteiger partial charge on any atom is -0.207 e. The highest BCUT2D eigenvalue weighted by molar-refractivity contribution is 7.89. The van der Waals surface area contributed by atoms with Crippen molar-refractivity contribution < 1.29 is 8.42 Å². The third-order valence-electron chi connectivity index (χ3n) is 3.77. The fraction of sp³-hybridized carbons (Fsp3) is 0.467. The lowest BCUT2D eigenvalue weighted by Gasteiger charge is -2.31. The van der Waals surface area contributed by atoms with E-state index in [1.807, 2.05) is 6.07 Å². The SMILES string of the molecule is N#CCc1ccc(S(=O)(=O)NC2(C#N)CCCCC2)cc1. The quantitative estimate of drug-likeness (QED) is 0.923. The Labute approximate surface area is 125 Å². The molecule has 6 heteroatoms. The monoisotopic (exact) mass is 303 g/mol. The third kappa shape index (κ3) is 3.60. The minimum atomic E-state index is -3.72. The summed E-state index contributed by atoms with van der Waals surface area (Å²) in [7, 11) is -3.72. The van der Waals surface area contributed by atoms with E-state index in [1.165, 1.54) is 12.1 Å². The van der Waals surface area contributed by atoms with Gasteiger partial charge in [-0.1, -0.05) is 31.4 Å². The first-order valence-electron chi connectivity index (χ1n) is 6.92. The van der Waals surface area contributed by atoms with E-state index < -0.39 is 15.6 Å². The molecule has 0 aromatic heterocycles. The molecule has 0 aliphatic heterocycles. The van der Waals surface area contributed by atoms with Crippen molar-refractivity contribution in [2.45, 2.75) is 49.0 Å². The molecule has 0 spiro atoms. The molecule has 1 N–H and O–H groups in total. The summed E-state index contributed by atoms with van der Waals surface area (Å²) in [6, 6.07) is 10.4. The third-order valence-corrected chi connectivity index (χ3v) is 5.32. The van der Waals surface area contributed by atoms with Crippen LogP contribution < -0.4 is 4.72 Å². The van der Waals surface area contributed by atoms with Crippen molar-refractivity contribution in [1.82, 2.24) is 4.72 Å². The van der Waals surface area contributed by atoms with Gasteiger partial charge in [-0.3, -0.25) is 0 Å². The molecule has 5 nitrogen and oxygen atoms in total. The summed E-state index contributed by atoms with van der Waals surface area (Å²) in [5.41, 5.74) is -0.216. The van der Waals surface area contributed by atoms with Gasteiger partial charge in [0, 0.05) is 0 Å². The lowest BCUT2D eigenvalue weighted by Crippen LogP contribution is -2.48. The molecule has 0 amide bonds. The number of nitrogens with zero attached hydrogens (tertiary/aromatic N) is 2. The van der Waals surface area contributed by atoms with Gasteiger partial charge in [0.25, 0.3) is 0 Å². The number of sulfonamides is 1. The van der Waals surface area contributed by atoms with Crippen LogP contribution in [0.4, 0.5) is 0 Å². The zero-order valence-electron chi connectivity index (χ0n) is 11.7. The van der Waals surface area contributed by atoms with Crippen molar-refractivity contribution in [3.05, 3.63) is 29.8 Å². The fourth-order valence-electron chi connectivity index (χ4n) is 2.59. The standard InChI is InChI=1S/C15H17N3O2S/c16-11-8-13-4-6-14(7-5-13)21(19,20)18-15(12-17)9-2-1-3-10-15/h4-7,18H,1-3,8-10H2. The van der Waals surface area contributed by atoms with Crippen LogP contribution in [0.15, 0.2) is 29.2 Å². The maximum Gasteiger partial charge on any atom is 0.241 e. The Morgan fingerprint density at radius 3 is 2.24 bits per heavy atom. The predicted molar refractivity (Wildman–Crippen MR) is 77.5 cm³/mol. The van der Waals surface area contributed by atoms with Gasteiger partial charge in [0.15, 0.2) is 0 Å². The van der Waals surface area contributed by atoms with Crippen molar-refractivity contribution in [3.8, 4) is 12.1 Å². The highest BCUT2D eigenvalue weighted by Crippen LogP contribution is 2.29. The summed E-state index contributed by atoms with van der Waals surface area (Å²) in [4.78, 5) is 0.129. The van der Waals surface area contributed by atoms with Crippen LogP contribution in [0.1, 0.15) is 37.7 Å². The van der Waals surface area contributed by atoms with Gasteiger partial charge in [0.2, 0.25) is 10.0 Å². The van der Waals surface area contributed by atoms with Crippen molar-refractivity contribution in [2.75, 3.05) is 0 Å². The molecule has 0 heterocycles. The van der Waals surface area contributed by atoms with E-state index in [0.29, 0.717) is 12.8 Å². The normalized spacial score (nSPS) is 17.6. The lowest BCUT2D eigenvalue weighted by molar-refractivity contribution is 0.338. The van der Waals surface area contributed by atoms with Gasteiger partial charge in [0.1, 0.15) is 5.54 Å². The molecule has 0 atom stereocenters. The zero-order valence-corrected chi connectivity index (χ0v) is 12.5. The molecule has 0 radical (unpaired) electrons. The van der Waals surface area contributed by atoms with Crippen LogP contribution in [0.25, 0.3) is 0 Å². The van der Waals surface area contributed by atoms with Crippen molar-refractivity contribution in [3.63, 3.8) is 0 Å². The van der Waals surface area contributed by atoms with Crippen LogP contribution in [0.2, 0.25) is 0 Å². The van der Waals surface area contributed by atoms with Crippen molar-refractivity contribution in [2.24, 2.45) is 0 Å². The fourth-order valence-corrected chi connectivity index (χ4v) is 3.96. The van der Waals surface area contributed by atoms with Crippen LogP contribution in [0.5, 0.6) is 0 Å². The second-order valence-corrected chi connectivity index (χ2v) is 7.02. The number of rotatable bonds is 4. The molecule has 1 aliphatic rings.